The summed E-state index contributed by atoms with van der Waals surface area (Å²) in [6, 6.07) is 6.67. The number of hydrogen-bond acceptors (Lipinski definition) is 5. The van der Waals surface area contributed by atoms with Crippen LogP contribution >= 0.6 is 0 Å². The van der Waals surface area contributed by atoms with Crippen LogP contribution in [0, 0.1) is 0 Å². The number of hydrogen-bond donors (Lipinski definition) is 3. The molecule has 24 heavy (non-hydrogen) atoms. The lowest BCUT2D eigenvalue weighted by atomic mass is 10.2. The van der Waals surface area contributed by atoms with E-state index in [0.717, 1.165) is 5.69 Å². The second-order valence-corrected chi connectivity index (χ2v) is 5.34. The molecule has 8 heteroatoms. The van der Waals surface area contributed by atoms with Crippen LogP contribution in [0.25, 0.3) is 0 Å². The van der Waals surface area contributed by atoms with Gasteiger partial charge in [-0.15, -0.1) is 0 Å². The van der Waals surface area contributed by atoms with Crippen LogP contribution in [0.15, 0.2) is 24.3 Å². The van der Waals surface area contributed by atoms with Gasteiger partial charge in [0, 0.05) is 31.3 Å². The Balaban J connectivity index is 1.80. The van der Waals surface area contributed by atoms with Crippen LogP contribution in [0.2, 0.25) is 0 Å². The van der Waals surface area contributed by atoms with E-state index in [1.54, 1.807) is 18.1 Å². The van der Waals surface area contributed by atoms with Crippen molar-refractivity contribution in [2.45, 2.75) is 12.5 Å². The van der Waals surface area contributed by atoms with Gasteiger partial charge in [0.05, 0.1) is 33.0 Å². The molecule has 1 atom stereocenters. The molecule has 0 unspecified atom stereocenters. The number of benzene rings is 1. The quantitative estimate of drug-likeness (QED) is 0.585. The van der Waals surface area contributed by atoms with E-state index in [0.29, 0.717) is 25.4 Å². The Labute approximate surface area is 140 Å². The Morgan fingerprint density at radius 3 is 3.00 bits per heavy atom. The van der Waals surface area contributed by atoms with Crippen LogP contribution in [0.5, 0.6) is 5.75 Å². The third-order valence-electron chi connectivity index (χ3n) is 3.59. The zero-order chi connectivity index (χ0) is 17.4. The van der Waals surface area contributed by atoms with Crippen molar-refractivity contribution in [3.8, 4) is 5.75 Å². The fourth-order valence-electron chi connectivity index (χ4n) is 2.47. The van der Waals surface area contributed by atoms with Crippen LogP contribution in [0.1, 0.15) is 6.42 Å². The molecule has 1 heterocycles. The number of rotatable bonds is 8. The van der Waals surface area contributed by atoms with Gasteiger partial charge in [-0.05, 0) is 12.1 Å². The number of carbonyl (C=O) groups is 2. The number of nitrogens with one attached hydrogen (secondary N) is 2. The maximum absolute atomic E-state index is 12.2. The molecule has 1 aliphatic heterocycles. The van der Waals surface area contributed by atoms with E-state index < -0.39 is 0 Å². The fraction of sp³-hybridized carbons (Fsp3) is 0.500. The minimum atomic E-state index is -0.340. The number of aliphatic hydroxyl groups is 1. The van der Waals surface area contributed by atoms with Crippen molar-refractivity contribution in [2.24, 2.45) is 0 Å². The van der Waals surface area contributed by atoms with E-state index in [2.05, 4.69) is 10.6 Å². The van der Waals surface area contributed by atoms with Gasteiger partial charge in [0.1, 0.15) is 5.75 Å². The predicted octanol–water partition coefficient (Wildman–Crippen LogP) is 0.109. The summed E-state index contributed by atoms with van der Waals surface area (Å²) in [5.41, 5.74) is 0.751. The molecular formula is C16H23N3O5. The van der Waals surface area contributed by atoms with Crippen LogP contribution in [0.3, 0.4) is 0 Å². The molecule has 0 saturated carbocycles. The summed E-state index contributed by atoms with van der Waals surface area (Å²) in [6.07, 6.45) is 0.256. The second kappa shape index (κ2) is 9.09. The number of aliphatic hydroxyl groups excluding tert-OH is 1. The van der Waals surface area contributed by atoms with Gasteiger partial charge in [-0.2, -0.15) is 0 Å². The van der Waals surface area contributed by atoms with Crippen molar-refractivity contribution < 1.29 is 24.2 Å². The third-order valence-corrected chi connectivity index (χ3v) is 3.59. The van der Waals surface area contributed by atoms with Crippen molar-refractivity contribution in [1.82, 2.24) is 10.6 Å². The first-order chi connectivity index (χ1) is 11.6. The molecule has 0 spiro atoms. The molecule has 1 saturated heterocycles. The monoisotopic (exact) mass is 337 g/mol. The van der Waals surface area contributed by atoms with Gasteiger partial charge in [0.2, 0.25) is 5.91 Å². The minimum absolute atomic E-state index is 0.0418. The first kappa shape index (κ1) is 18.0. The smallest absolute Gasteiger partial charge is 0.315 e. The third kappa shape index (κ3) is 5.10. The highest BCUT2D eigenvalue weighted by Crippen LogP contribution is 2.25. The average Bonchev–Trinajstić information content (AvgIpc) is 2.95. The highest BCUT2D eigenvalue weighted by molar-refractivity contribution is 5.97. The molecule has 8 nitrogen and oxygen atoms in total. The second-order valence-electron chi connectivity index (χ2n) is 5.34. The standard InChI is InChI=1S/C16H23N3O5/c1-23-14-4-2-3-13(10-14)19-11-12(9-15(19)21)18-16(22)17-5-7-24-8-6-20/h2-4,10,12,20H,5-9,11H2,1H3,(H2,17,18,22)/t12-/m0/s1. The summed E-state index contributed by atoms with van der Waals surface area (Å²) in [5.74, 6) is 0.636. The van der Waals surface area contributed by atoms with Crippen molar-refractivity contribution in [1.29, 1.82) is 0 Å². The lowest BCUT2D eigenvalue weighted by Crippen LogP contribution is -2.44. The summed E-state index contributed by atoms with van der Waals surface area (Å²) in [6.45, 7) is 1.28. The molecule has 0 bridgehead atoms. The number of amides is 3. The molecule has 3 N–H and O–H groups in total. The molecule has 3 amide bonds. The Bertz CT molecular complexity index is 566. The number of carbonyl (C=O) groups excluding carboxylic acids is 2. The van der Waals surface area contributed by atoms with Crippen molar-refractivity contribution in [3.05, 3.63) is 24.3 Å². The molecule has 0 aromatic heterocycles. The largest absolute Gasteiger partial charge is 0.497 e. The van der Waals surface area contributed by atoms with E-state index >= 15 is 0 Å². The first-order valence-electron chi connectivity index (χ1n) is 7.81. The van der Waals surface area contributed by atoms with Gasteiger partial charge in [-0.25, -0.2) is 4.79 Å². The van der Waals surface area contributed by atoms with Crippen LogP contribution in [-0.4, -0.2) is 63.1 Å². The van der Waals surface area contributed by atoms with Gasteiger partial charge in [0.25, 0.3) is 0 Å². The molecule has 0 aliphatic carbocycles. The molecule has 1 aliphatic rings. The van der Waals surface area contributed by atoms with E-state index in [1.807, 2.05) is 18.2 Å². The molecule has 1 fully saturated rings. The lowest BCUT2D eigenvalue weighted by molar-refractivity contribution is -0.117. The topological polar surface area (TPSA) is 100 Å². The predicted molar refractivity (Wildman–Crippen MR) is 88.2 cm³/mol. The molecular weight excluding hydrogens is 314 g/mol. The molecule has 2 rings (SSSR count). The van der Waals surface area contributed by atoms with Gasteiger partial charge >= 0.3 is 6.03 Å². The highest BCUT2D eigenvalue weighted by atomic mass is 16.5. The Morgan fingerprint density at radius 2 is 2.25 bits per heavy atom. The number of methoxy groups -OCH3 is 1. The van der Waals surface area contributed by atoms with Gasteiger partial charge < -0.3 is 30.1 Å². The van der Waals surface area contributed by atoms with Crippen molar-refractivity contribution >= 4 is 17.6 Å². The van der Waals surface area contributed by atoms with Crippen LogP contribution in [0.4, 0.5) is 10.5 Å². The van der Waals surface area contributed by atoms with Crippen LogP contribution < -0.4 is 20.3 Å². The van der Waals surface area contributed by atoms with Gasteiger partial charge in [0.15, 0.2) is 0 Å². The van der Waals surface area contributed by atoms with Crippen molar-refractivity contribution in [3.63, 3.8) is 0 Å². The van der Waals surface area contributed by atoms with Gasteiger partial charge in [-0.3, -0.25) is 4.79 Å². The molecule has 0 radical (unpaired) electrons. The van der Waals surface area contributed by atoms with E-state index in [4.69, 9.17) is 14.6 Å². The van der Waals surface area contributed by atoms with Crippen molar-refractivity contribution in [2.75, 3.05) is 44.9 Å². The Kier molecular flexibility index (Phi) is 6.83. The molecule has 132 valence electrons. The van der Waals surface area contributed by atoms with Crippen LogP contribution in [-0.2, 0) is 9.53 Å². The van der Waals surface area contributed by atoms with Gasteiger partial charge in [-0.1, -0.05) is 6.07 Å². The SMILES string of the molecule is COc1cccc(N2C[C@@H](NC(=O)NCCOCCO)CC2=O)c1. The molecule has 1 aromatic carbocycles. The maximum Gasteiger partial charge on any atom is 0.315 e. The molecule has 1 aromatic rings. The maximum atomic E-state index is 12.2. The summed E-state index contributed by atoms with van der Waals surface area (Å²) in [4.78, 5) is 25.6. The van der Waals surface area contributed by atoms with E-state index in [9.17, 15) is 9.59 Å². The summed E-state index contributed by atoms with van der Waals surface area (Å²) >= 11 is 0. The first-order valence-corrected chi connectivity index (χ1v) is 7.81. The normalized spacial score (nSPS) is 17.0. The number of ether oxygens (including phenoxy) is 2. The summed E-state index contributed by atoms with van der Waals surface area (Å²) < 4.78 is 10.2. The Hall–Kier alpha value is -2.32. The lowest BCUT2D eigenvalue weighted by Gasteiger charge is -2.18. The minimum Gasteiger partial charge on any atom is -0.497 e. The fourth-order valence-corrected chi connectivity index (χ4v) is 2.47. The van der Waals surface area contributed by atoms with E-state index in [1.165, 1.54) is 0 Å². The average molecular weight is 337 g/mol. The zero-order valence-corrected chi connectivity index (χ0v) is 13.7. The summed E-state index contributed by atoms with van der Waals surface area (Å²) in [5, 5.41) is 14.0. The zero-order valence-electron chi connectivity index (χ0n) is 13.7. The number of nitrogens with zero attached hydrogens (tertiary/aromatic N) is 1. The Morgan fingerprint density at radius 1 is 1.42 bits per heavy atom. The van der Waals surface area contributed by atoms with E-state index in [-0.39, 0.29) is 37.6 Å². The number of anilines is 1. The highest BCUT2D eigenvalue weighted by Gasteiger charge is 2.31. The number of urea groups is 1. The summed E-state index contributed by atoms with van der Waals surface area (Å²) in [7, 11) is 1.57.